The number of fused-ring (bicyclic) bond motifs is 1. The monoisotopic (exact) mass is 456 g/mol. The summed E-state index contributed by atoms with van der Waals surface area (Å²) in [6.45, 7) is 3.92. The van der Waals surface area contributed by atoms with E-state index in [1.165, 1.54) is 12.1 Å². The summed E-state index contributed by atoms with van der Waals surface area (Å²) in [7, 11) is 0. The minimum Gasteiger partial charge on any atom is -0.354 e. The van der Waals surface area contributed by atoms with Gasteiger partial charge in [0.05, 0.1) is 0 Å². The first-order valence-electron chi connectivity index (χ1n) is 10.9. The number of anilines is 2. The average Bonchev–Trinajstić information content (AvgIpc) is 3.21. The molecule has 172 valence electrons. The second-order valence-corrected chi connectivity index (χ2v) is 7.78. The van der Waals surface area contributed by atoms with Gasteiger partial charge in [-0.05, 0) is 72.1 Å². The van der Waals surface area contributed by atoms with E-state index in [2.05, 4.69) is 27.5 Å². The first-order chi connectivity index (χ1) is 16.5. The van der Waals surface area contributed by atoms with Crippen LogP contribution in [0.1, 0.15) is 12.0 Å². The lowest BCUT2D eigenvalue weighted by Crippen LogP contribution is -2.28. The van der Waals surface area contributed by atoms with E-state index >= 15 is 0 Å². The third-order valence-corrected chi connectivity index (χ3v) is 5.38. The predicted octanol–water partition coefficient (Wildman–Crippen LogP) is 5.85. The fraction of sp³-hybridized carbons (Fsp3) is 0.111. The lowest BCUT2D eigenvalue weighted by Gasteiger charge is -2.09. The molecular weight excluding hydrogens is 431 g/mol. The van der Waals surface area contributed by atoms with Crippen molar-refractivity contribution in [1.82, 2.24) is 10.3 Å². The van der Waals surface area contributed by atoms with Crippen molar-refractivity contribution in [3.05, 3.63) is 96.8 Å². The van der Waals surface area contributed by atoms with Gasteiger partial charge in [0.25, 0.3) is 0 Å². The van der Waals surface area contributed by atoms with Crippen LogP contribution in [-0.2, 0) is 11.2 Å². The Hall–Kier alpha value is -4.39. The van der Waals surface area contributed by atoms with E-state index in [4.69, 9.17) is 0 Å². The van der Waals surface area contributed by atoms with Crippen molar-refractivity contribution in [2.75, 3.05) is 17.2 Å². The van der Waals surface area contributed by atoms with Gasteiger partial charge in [0, 0.05) is 40.9 Å². The Morgan fingerprint density at radius 3 is 2.29 bits per heavy atom. The minimum atomic E-state index is -0.327. The maximum absolute atomic E-state index is 13.4. The predicted molar refractivity (Wildman–Crippen MR) is 134 cm³/mol. The fourth-order valence-corrected chi connectivity index (χ4v) is 3.76. The number of aromatic amines is 1. The van der Waals surface area contributed by atoms with E-state index in [1.54, 1.807) is 42.5 Å². The molecule has 0 saturated carbocycles. The topological polar surface area (TPSA) is 86.0 Å². The smallest absolute Gasteiger partial charge is 0.319 e. The number of carbonyl (C=O) groups is 2. The van der Waals surface area contributed by atoms with Crippen LogP contribution in [0, 0.1) is 5.82 Å². The van der Waals surface area contributed by atoms with E-state index in [0.717, 1.165) is 27.7 Å². The van der Waals surface area contributed by atoms with Crippen molar-refractivity contribution in [2.45, 2.75) is 12.8 Å². The molecule has 3 aromatic carbocycles. The van der Waals surface area contributed by atoms with Crippen LogP contribution in [-0.4, -0.2) is 23.5 Å². The summed E-state index contributed by atoms with van der Waals surface area (Å²) in [6.07, 6.45) is 2.39. The Morgan fingerprint density at radius 2 is 1.59 bits per heavy atom. The van der Waals surface area contributed by atoms with Gasteiger partial charge in [0.15, 0.2) is 0 Å². The molecule has 0 aliphatic heterocycles. The molecule has 0 atom stereocenters. The van der Waals surface area contributed by atoms with Crippen molar-refractivity contribution in [3.8, 4) is 11.3 Å². The molecule has 1 heterocycles. The molecule has 0 fully saturated rings. The molecule has 7 heteroatoms. The van der Waals surface area contributed by atoms with Gasteiger partial charge in [0.1, 0.15) is 5.82 Å². The Morgan fingerprint density at radius 1 is 0.912 bits per heavy atom. The van der Waals surface area contributed by atoms with E-state index in [1.807, 2.05) is 24.3 Å². The van der Waals surface area contributed by atoms with E-state index in [-0.39, 0.29) is 24.2 Å². The highest BCUT2D eigenvalue weighted by atomic mass is 19.1. The molecular formula is C27H25FN4O2. The number of hydrogen-bond donors (Lipinski definition) is 4. The van der Waals surface area contributed by atoms with Crippen molar-refractivity contribution in [2.24, 2.45) is 0 Å². The lowest BCUT2D eigenvalue weighted by atomic mass is 10.0. The second kappa shape index (κ2) is 10.5. The Bertz CT molecular complexity index is 1310. The molecule has 4 N–H and O–H groups in total. The zero-order valence-electron chi connectivity index (χ0n) is 18.5. The number of aryl methyl sites for hydroxylation is 1. The van der Waals surface area contributed by atoms with Crippen LogP contribution in [0.2, 0.25) is 0 Å². The van der Waals surface area contributed by atoms with Gasteiger partial charge in [-0.2, -0.15) is 0 Å². The molecule has 34 heavy (non-hydrogen) atoms. The van der Waals surface area contributed by atoms with E-state index in [9.17, 15) is 14.0 Å². The molecule has 0 bridgehead atoms. The summed E-state index contributed by atoms with van der Waals surface area (Å²) in [5, 5.41) is 9.27. The van der Waals surface area contributed by atoms with Crippen molar-refractivity contribution in [1.29, 1.82) is 0 Å². The van der Waals surface area contributed by atoms with Gasteiger partial charge in [-0.1, -0.05) is 24.3 Å². The SMILES string of the molecule is C=CCNC(=O)Nc1ccc(NC(=O)CCc2c(-c3ccc(F)cc3)[nH]c3ccccc23)cc1. The van der Waals surface area contributed by atoms with Crippen molar-refractivity contribution in [3.63, 3.8) is 0 Å². The Kier molecular flexibility index (Phi) is 7.03. The number of H-pyrrole nitrogens is 1. The summed E-state index contributed by atoms with van der Waals surface area (Å²) in [5.41, 5.74) is 4.99. The molecule has 3 amide bonds. The highest BCUT2D eigenvalue weighted by Crippen LogP contribution is 2.31. The van der Waals surface area contributed by atoms with Gasteiger partial charge in [-0.25, -0.2) is 9.18 Å². The number of carbonyl (C=O) groups excluding carboxylic acids is 2. The van der Waals surface area contributed by atoms with Crippen LogP contribution in [0.25, 0.3) is 22.2 Å². The van der Waals surface area contributed by atoms with Crippen LogP contribution < -0.4 is 16.0 Å². The molecule has 6 nitrogen and oxygen atoms in total. The number of halogens is 1. The standard InChI is InChI=1S/C27H25FN4O2/c1-2-17-29-27(34)31-21-13-11-20(12-14-21)30-25(33)16-15-23-22-5-3-4-6-24(22)32-26(23)18-7-9-19(28)10-8-18/h2-14,32H,1,15-17H2,(H,30,33)(H2,29,31,34). The molecule has 0 spiro atoms. The first-order valence-corrected chi connectivity index (χ1v) is 10.9. The van der Waals surface area contributed by atoms with Crippen LogP contribution in [0.15, 0.2) is 85.5 Å². The number of para-hydroxylation sites is 1. The number of rotatable bonds is 8. The largest absolute Gasteiger partial charge is 0.354 e. The normalized spacial score (nSPS) is 10.6. The average molecular weight is 457 g/mol. The molecule has 0 radical (unpaired) electrons. The highest BCUT2D eigenvalue weighted by molar-refractivity contribution is 5.94. The number of benzene rings is 3. The van der Waals surface area contributed by atoms with Gasteiger partial charge < -0.3 is 20.9 Å². The third kappa shape index (κ3) is 5.50. The molecule has 4 rings (SSSR count). The van der Waals surface area contributed by atoms with Crippen molar-refractivity contribution < 1.29 is 14.0 Å². The summed E-state index contributed by atoms with van der Waals surface area (Å²) < 4.78 is 13.4. The summed E-state index contributed by atoms with van der Waals surface area (Å²) in [5.74, 6) is -0.417. The molecule has 0 aliphatic rings. The van der Waals surface area contributed by atoms with Gasteiger partial charge in [0.2, 0.25) is 5.91 Å². The zero-order chi connectivity index (χ0) is 23.9. The maximum atomic E-state index is 13.4. The number of amides is 3. The lowest BCUT2D eigenvalue weighted by molar-refractivity contribution is -0.116. The molecule has 0 saturated heterocycles. The Labute approximate surface area is 196 Å². The summed E-state index contributed by atoms with van der Waals surface area (Å²) in [4.78, 5) is 27.8. The fourth-order valence-electron chi connectivity index (χ4n) is 3.76. The number of nitrogens with one attached hydrogen (secondary N) is 4. The number of aromatic nitrogens is 1. The summed E-state index contributed by atoms with van der Waals surface area (Å²) in [6, 6.07) is 20.8. The number of urea groups is 1. The first kappa shape index (κ1) is 22.8. The van der Waals surface area contributed by atoms with Crippen molar-refractivity contribution >= 4 is 34.2 Å². The minimum absolute atomic E-state index is 0.125. The third-order valence-electron chi connectivity index (χ3n) is 5.38. The molecule has 1 aromatic heterocycles. The van der Waals surface area contributed by atoms with Crippen LogP contribution in [0.3, 0.4) is 0 Å². The quantitative estimate of drug-likeness (QED) is 0.251. The number of hydrogen-bond acceptors (Lipinski definition) is 2. The Balaban J connectivity index is 1.42. The van der Waals surface area contributed by atoms with Gasteiger partial charge >= 0.3 is 6.03 Å². The molecule has 4 aromatic rings. The summed E-state index contributed by atoms with van der Waals surface area (Å²) >= 11 is 0. The second-order valence-electron chi connectivity index (χ2n) is 7.78. The van der Waals surface area contributed by atoms with E-state index in [0.29, 0.717) is 24.3 Å². The van der Waals surface area contributed by atoms with Gasteiger partial charge in [-0.15, -0.1) is 6.58 Å². The van der Waals surface area contributed by atoms with Crippen LogP contribution in [0.5, 0.6) is 0 Å². The zero-order valence-corrected chi connectivity index (χ0v) is 18.5. The molecule has 0 aliphatic carbocycles. The van der Waals surface area contributed by atoms with Crippen LogP contribution in [0.4, 0.5) is 20.6 Å². The van der Waals surface area contributed by atoms with Gasteiger partial charge in [-0.3, -0.25) is 4.79 Å². The maximum Gasteiger partial charge on any atom is 0.319 e. The van der Waals surface area contributed by atoms with E-state index < -0.39 is 0 Å². The van der Waals surface area contributed by atoms with Crippen LogP contribution >= 0.6 is 0 Å². The molecule has 0 unspecified atom stereocenters. The highest BCUT2D eigenvalue weighted by Gasteiger charge is 2.15.